The molecule has 4 aromatic rings. The molecule has 0 unspecified atom stereocenters. The maximum Gasteiger partial charge on any atom is 0.255 e. The summed E-state index contributed by atoms with van der Waals surface area (Å²) in [6.45, 7) is 0.612. The molecule has 7 nitrogen and oxygen atoms in total. The van der Waals surface area contributed by atoms with E-state index in [0.29, 0.717) is 29.8 Å². The lowest BCUT2D eigenvalue weighted by Gasteiger charge is -2.15. The number of anilines is 1. The molecule has 8 heteroatoms. The van der Waals surface area contributed by atoms with Gasteiger partial charge in [-0.3, -0.25) is 9.78 Å². The van der Waals surface area contributed by atoms with Gasteiger partial charge in [0.15, 0.2) is 0 Å². The highest BCUT2D eigenvalue weighted by Crippen LogP contribution is 2.29. The van der Waals surface area contributed by atoms with E-state index >= 15 is 0 Å². The lowest BCUT2D eigenvalue weighted by atomic mass is 9.99. The van der Waals surface area contributed by atoms with Crippen molar-refractivity contribution < 1.29 is 9.18 Å². The quantitative estimate of drug-likeness (QED) is 0.384. The Morgan fingerprint density at radius 1 is 0.944 bits per heavy atom. The number of carbonyl (C=O) groups excluding carboxylic acids is 1. The molecule has 0 aliphatic carbocycles. The number of pyridine rings is 2. The van der Waals surface area contributed by atoms with Crippen LogP contribution >= 0.6 is 0 Å². The molecule has 0 aliphatic rings. The molecule has 36 heavy (non-hydrogen) atoms. The van der Waals surface area contributed by atoms with E-state index < -0.39 is 5.91 Å². The van der Waals surface area contributed by atoms with Crippen molar-refractivity contribution in [3.63, 3.8) is 0 Å². The highest BCUT2D eigenvalue weighted by atomic mass is 19.1. The minimum Gasteiger partial charge on any atom is -0.369 e. The molecule has 0 aliphatic heterocycles. The number of nitrogens with one attached hydrogen (secondary N) is 2. The largest absolute Gasteiger partial charge is 0.369 e. The molecule has 2 N–H and O–H groups in total. The van der Waals surface area contributed by atoms with E-state index in [1.54, 1.807) is 48.8 Å². The van der Waals surface area contributed by atoms with Gasteiger partial charge >= 0.3 is 0 Å². The number of halogens is 1. The highest BCUT2D eigenvalue weighted by molar-refractivity contribution is 6.00. The second-order valence-electron chi connectivity index (χ2n) is 7.90. The van der Waals surface area contributed by atoms with Crippen LogP contribution in [0.2, 0.25) is 0 Å². The second kappa shape index (κ2) is 11.4. The van der Waals surface area contributed by atoms with E-state index in [1.807, 2.05) is 12.1 Å². The zero-order valence-corrected chi connectivity index (χ0v) is 19.2. The summed E-state index contributed by atoms with van der Waals surface area (Å²) < 4.78 is 13.6. The Kier molecular flexibility index (Phi) is 7.60. The fraction of sp³-hybridized carbons (Fsp3) is 0.107. The normalized spacial score (nSPS) is 10.2. The number of nitriles is 2. The van der Waals surface area contributed by atoms with Gasteiger partial charge in [0.2, 0.25) is 0 Å². The Bertz CT molecular complexity index is 1470. The smallest absolute Gasteiger partial charge is 0.255 e. The number of rotatable bonds is 8. The third-order valence-electron chi connectivity index (χ3n) is 5.46. The zero-order valence-electron chi connectivity index (χ0n) is 19.2. The van der Waals surface area contributed by atoms with Gasteiger partial charge < -0.3 is 10.6 Å². The molecule has 0 spiro atoms. The molecule has 0 radical (unpaired) electrons. The van der Waals surface area contributed by atoms with Gasteiger partial charge in [0.1, 0.15) is 17.7 Å². The third-order valence-corrected chi connectivity index (χ3v) is 5.46. The molecule has 0 saturated heterocycles. The molecule has 0 saturated carbocycles. The summed E-state index contributed by atoms with van der Waals surface area (Å²) in [7, 11) is 0. The molecule has 1 amide bonds. The van der Waals surface area contributed by atoms with Crippen LogP contribution in [0, 0.1) is 28.5 Å². The fourth-order valence-corrected chi connectivity index (χ4v) is 3.70. The van der Waals surface area contributed by atoms with Crippen molar-refractivity contribution in [2.45, 2.75) is 13.0 Å². The van der Waals surface area contributed by atoms with Gasteiger partial charge in [0, 0.05) is 31.0 Å². The molecule has 176 valence electrons. The summed E-state index contributed by atoms with van der Waals surface area (Å²) in [6, 6.07) is 22.4. The summed E-state index contributed by atoms with van der Waals surface area (Å²) in [4.78, 5) is 21.8. The van der Waals surface area contributed by atoms with E-state index in [9.17, 15) is 19.7 Å². The van der Waals surface area contributed by atoms with E-state index in [0.717, 1.165) is 11.1 Å². The van der Waals surface area contributed by atoms with Gasteiger partial charge in [-0.05, 0) is 47.9 Å². The van der Waals surface area contributed by atoms with Crippen molar-refractivity contribution in [2.24, 2.45) is 0 Å². The standard InChI is InChI=1S/C28H21FN6O/c29-23-8-3-5-19(13-23)10-12-33-27-25(28(36)34-18-20-6-4-11-32-17-20)14-22(16-31)26(35-27)24-9-2-1-7-21(24)15-30/h1-9,11,13-14,17H,10,12,18H2,(H,33,35)(H,34,36). The van der Waals surface area contributed by atoms with Crippen LogP contribution in [0.4, 0.5) is 10.2 Å². The lowest BCUT2D eigenvalue weighted by Crippen LogP contribution is -2.25. The molecule has 2 heterocycles. The molecule has 0 atom stereocenters. The third kappa shape index (κ3) is 5.69. The van der Waals surface area contributed by atoms with Crippen LogP contribution in [0.3, 0.4) is 0 Å². The van der Waals surface area contributed by atoms with Crippen LogP contribution in [0.1, 0.15) is 32.6 Å². The molecule has 0 bridgehead atoms. The highest BCUT2D eigenvalue weighted by Gasteiger charge is 2.20. The zero-order chi connectivity index (χ0) is 25.3. The molecular weight excluding hydrogens is 455 g/mol. The molecule has 2 aromatic heterocycles. The maximum absolute atomic E-state index is 13.6. The Morgan fingerprint density at radius 2 is 1.75 bits per heavy atom. The van der Waals surface area contributed by atoms with Crippen molar-refractivity contribution >= 4 is 11.7 Å². The summed E-state index contributed by atoms with van der Waals surface area (Å²) >= 11 is 0. The van der Waals surface area contributed by atoms with Crippen LogP contribution < -0.4 is 10.6 Å². The van der Waals surface area contributed by atoms with Crippen molar-refractivity contribution in [3.05, 3.63) is 113 Å². The number of benzene rings is 2. The lowest BCUT2D eigenvalue weighted by molar-refractivity contribution is 0.0951. The molecular formula is C28H21FN6O. The van der Waals surface area contributed by atoms with Gasteiger partial charge in [0.05, 0.1) is 28.5 Å². The van der Waals surface area contributed by atoms with Gasteiger partial charge in [-0.2, -0.15) is 10.5 Å². The Hall–Kier alpha value is -5.08. The fourth-order valence-electron chi connectivity index (χ4n) is 3.70. The van der Waals surface area contributed by atoms with Crippen LogP contribution in [0.25, 0.3) is 11.3 Å². The first kappa shape index (κ1) is 24.1. The minimum atomic E-state index is -0.420. The predicted molar refractivity (Wildman–Crippen MR) is 133 cm³/mol. The number of nitrogens with zero attached hydrogens (tertiary/aromatic N) is 4. The summed E-state index contributed by atoms with van der Waals surface area (Å²) in [6.07, 6.45) is 3.78. The molecule has 4 rings (SSSR count). The van der Waals surface area contributed by atoms with Crippen LogP contribution in [0.5, 0.6) is 0 Å². The average molecular weight is 477 g/mol. The first-order valence-corrected chi connectivity index (χ1v) is 11.2. The van der Waals surface area contributed by atoms with Crippen molar-refractivity contribution in [3.8, 4) is 23.4 Å². The topological polar surface area (TPSA) is 114 Å². The van der Waals surface area contributed by atoms with Crippen molar-refractivity contribution in [1.29, 1.82) is 10.5 Å². The second-order valence-corrected chi connectivity index (χ2v) is 7.90. The number of hydrogen-bond acceptors (Lipinski definition) is 6. The Balaban J connectivity index is 1.68. The van der Waals surface area contributed by atoms with Crippen molar-refractivity contribution in [1.82, 2.24) is 15.3 Å². The number of amides is 1. The van der Waals surface area contributed by atoms with E-state index in [2.05, 4.69) is 32.7 Å². The SMILES string of the molecule is N#Cc1ccccc1-c1nc(NCCc2cccc(F)c2)c(C(=O)NCc2cccnc2)cc1C#N. The number of aromatic nitrogens is 2. The van der Waals surface area contributed by atoms with Gasteiger partial charge in [0.25, 0.3) is 5.91 Å². The Morgan fingerprint density at radius 3 is 2.50 bits per heavy atom. The van der Waals surface area contributed by atoms with E-state index in [1.165, 1.54) is 18.2 Å². The average Bonchev–Trinajstić information content (AvgIpc) is 2.92. The van der Waals surface area contributed by atoms with Gasteiger partial charge in [-0.1, -0.05) is 36.4 Å². The summed E-state index contributed by atoms with van der Waals surface area (Å²) in [5, 5.41) is 25.4. The number of hydrogen-bond donors (Lipinski definition) is 2. The van der Waals surface area contributed by atoms with Crippen LogP contribution in [0.15, 0.2) is 79.1 Å². The predicted octanol–water partition coefficient (Wildman–Crippen LogP) is 4.61. The molecule has 0 fully saturated rings. The van der Waals surface area contributed by atoms with E-state index in [4.69, 9.17) is 0 Å². The summed E-state index contributed by atoms with van der Waals surface area (Å²) in [5.41, 5.74) is 3.11. The van der Waals surface area contributed by atoms with Gasteiger partial charge in [-0.25, -0.2) is 9.37 Å². The first-order valence-electron chi connectivity index (χ1n) is 11.2. The van der Waals surface area contributed by atoms with Gasteiger partial charge in [-0.15, -0.1) is 0 Å². The first-order chi connectivity index (χ1) is 17.6. The summed E-state index contributed by atoms with van der Waals surface area (Å²) in [5.74, 6) is -0.483. The molecule has 2 aromatic carbocycles. The number of carbonyl (C=O) groups is 1. The van der Waals surface area contributed by atoms with Crippen LogP contribution in [-0.4, -0.2) is 22.4 Å². The van der Waals surface area contributed by atoms with Crippen molar-refractivity contribution in [2.75, 3.05) is 11.9 Å². The van der Waals surface area contributed by atoms with Crippen LogP contribution in [-0.2, 0) is 13.0 Å². The minimum absolute atomic E-state index is 0.167. The Labute approximate surface area is 207 Å². The van der Waals surface area contributed by atoms with E-state index in [-0.39, 0.29) is 29.3 Å². The maximum atomic E-state index is 13.6. The monoisotopic (exact) mass is 476 g/mol.